The van der Waals surface area contributed by atoms with Crippen LogP contribution in [0, 0.1) is 6.57 Å². The molecular weight excluding hydrogens is 228 g/mol. The van der Waals surface area contributed by atoms with Crippen LogP contribution >= 0.6 is 0 Å². The monoisotopic (exact) mass is 244 g/mol. The largest absolute Gasteiger partial charge is 0.378 e. The van der Waals surface area contributed by atoms with E-state index in [1.54, 1.807) is 4.90 Å². The van der Waals surface area contributed by atoms with Gasteiger partial charge in [-0.3, -0.25) is 4.79 Å². The second kappa shape index (κ2) is 6.18. The minimum absolute atomic E-state index is 0.0721. The lowest BCUT2D eigenvalue weighted by Crippen LogP contribution is -2.45. The highest BCUT2D eigenvalue weighted by Crippen LogP contribution is 2.10. The molecule has 18 heavy (non-hydrogen) atoms. The Labute approximate surface area is 107 Å². The summed E-state index contributed by atoms with van der Waals surface area (Å²) in [4.78, 5) is 17.4. The van der Waals surface area contributed by atoms with Gasteiger partial charge in [0.2, 0.25) is 0 Å². The van der Waals surface area contributed by atoms with Gasteiger partial charge in [0.25, 0.3) is 0 Å². The fraction of sp³-hybridized carbons (Fsp3) is 0.429. The molecule has 1 heterocycles. The van der Waals surface area contributed by atoms with Crippen LogP contribution in [0.25, 0.3) is 4.85 Å². The molecule has 1 amide bonds. The third-order valence-corrected chi connectivity index (χ3v) is 3.04. The summed E-state index contributed by atoms with van der Waals surface area (Å²) in [5.74, 6) is -0.0721. The summed E-state index contributed by atoms with van der Waals surface area (Å²) < 4.78 is 5.21. The molecule has 4 heteroatoms. The number of ether oxygens (including phenoxy) is 1. The zero-order chi connectivity index (χ0) is 12.8. The second-order valence-corrected chi connectivity index (χ2v) is 4.27. The quantitative estimate of drug-likeness (QED) is 0.753. The van der Waals surface area contributed by atoms with E-state index in [2.05, 4.69) is 4.85 Å². The Kier molecular flexibility index (Phi) is 4.32. The van der Waals surface area contributed by atoms with Gasteiger partial charge in [0, 0.05) is 13.1 Å². The summed E-state index contributed by atoms with van der Waals surface area (Å²) >= 11 is 0. The number of carbonyl (C=O) groups is 1. The van der Waals surface area contributed by atoms with E-state index in [0.29, 0.717) is 32.7 Å². The van der Waals surface area contributed by atoms with Gasteiger partial charge in [-0.1, -0.05) is 30.3 Å². The Hall–Kier alpha value is -1.86. The average molecular weight is 244 g/mol. The second-order valence-electron chi connectivity index (χ2n) is 4.27. The molecule has 0 aliphatic carbocycles. The van der Waals surface area contributed by atoms with E-state index in [-0.39, 0.29) is 5.91 Å². The maximum Gasteiger partial charge on any atom is 0.306 e. The third kappa shape index (κ3) is 3.08. The van der Waals surface area contributed by atoms with E-state index in [4.69, 9.17) is 11.3 Å². The van der Waals surface area contributed by atoms with Crippen LogP contribution in [-0.4, -0.2) is 43.2 Å². The number of nitrogens with zero attached hydrogens (tertiary/aromatic N) is 2. The molecule has 94 valence electrons. The molecule has 2 rings (SSSR count). The van der Waals surface area contributed by atoms with Crippen LogP contribution in [0.5, 0.6) is 0 Å². The molecule has 0 unspecified atom stereocenters. The van der Waals surface area contributed by atoms with Crippen LogP contribution in [-0.2, 0) is 16.0 Å². The van der Waals surface area contributed by atoms with Crippen molar-refractivity contribution in [3.8, 4) is 0 Å². The van der Waals surface area contributed by atoms with Crippen LogP contribution in [0.2, 0.25) is 0 Å². The number of hydrogen-bond donors (Lipinski definition) is 0. The number of carbonyl (C=O) groups excluding carboxylic acids is 1. The standard InChI is InChI=1S/C14H16N2O2/c1-15-13(11-12-5-3-2-4-6-12)14(17)16-7-9-18-10-8-16/h2-6,13H,7-11H2/t13-/m0/s1. The summed E-state index contributed by atoms with van der Waals surface area (Å²) in [6.07, 6.45) is 0.487. The molecule has 1 aromatic rings. The smallest absolute Gasteiger partial charge is 0.306 e. The molecule has 0 saturated carbocycles. The highest BCUT2D eigenvalue weighted by molar-refractivity contribution is 5.84. The minimum Gasteiger partial charge on any atom is -0.378 e. The molecule has 0 bridgehead atoms. The van der Waals surface area contributed by atoms with Crippen LogP contribution in [0.4, 0.5) is 0 Å². The van der Waals surface area contributed by atoms with Gasteiger partial charge >= 0.3 is 11.9 Å². The first-order chi connectivity index (χ1) is 8.81. The molecule has 1 fully saturated rings. The van der Waals surface area contributed by atoms with Crippen LogP contribution < -0.4 is 0 Å². The Balaban J connectivity index is 2.00. The maximum absolute atomic E-state index is 12.2. The summed E-state index contributed by atoms with van der Waals surface area (Å²) in [6.45, 7) is 9.54. The predicted octanol–water partition coefficient (Wildman–Crippen LogP) is 1.38. The van der Waals surface area contributed by atoms with Gasteiger partial charge in [-0.25, -0.2) is 6.57 Å². The molecule has 4 nitrogen and oxygen atoms in total. The Morgan fingerprint density at radius 1 is 1.33 bits per heavy atom. The first-order valence-corrected chi connectivity index (χ1v) is 6.08. The third-order valence-electron chi connectivity index (χ3n) is 3.04. The summed E-state index contributed by atoms with van der Waals surface area (Å²) in [5, 5.41) is 0. The number of benzene rings is 1. The number of amides is 1. The minimum atomic E-state index is -0.606. The van der Waals surface area contributed by atoms with Crippen LogP contribution in [0.1, 0.15) is 5.56 Å². The number of hydrogen-bond acceptors (Lipinski definition) is 2. The van der Waals surface area contributed by atoms with Crippen molar-refractivity contribution in [1.82, 2.24) is 4.90 Å². The van der Waals surface area contributed by atoms with Crippen molar-refractivity contribution in [2.75, 3.05) is 26.3 Å². The molecule has 0 aromatic heterocycles. The molecule has 0 radical (unpaired) electrons. The zero-order valence-corrected chi connectivity index (χ0v) is 10.2. The molecular formula is C14H16N2O2. The summed E-state index contributed by atoms with van der Waals surface area (Å²) in [7, 11) is 0. The van der Waals surface area contributed by atoms with E-state index < -0.39 is 6.04 Å². The van der Waals surface area contributed by atoms with E-state index in [1.807, 2.05) is 30.3 Å². The normalized spacial score (nSPS) is 16.9. The zero-order valence-electron chi connectivity index (χ0n) is 10.2. The van der Waals surface area contributed by atoms with Crippen molar-refractivity contribution < 1.29 is 9.53 Å². The Bertz CT molecular complexity index is 433. The topological polar surface area (TPSA) is 33.9 Å². The van der Waals surface area contributed by atoms with Gasteiger partial charge in [0.05, 0.1) is 19.6 Å². The van der Waals surface area contributed by atoms with E-state index in [1.165, 1.54) is 0 Å². The predicted molar refractivity (Wildman–Crippen MR) is 67.9 cm³/mol. The summed E-state index contributed by atoms with van der Waals surface area (Å²) in [6, 6.07) is 9.08. The fourth-order valence-corrected chi connectivity index (χ4v) is 2.02. The highest BCUT2D eigenvalue weighted by Gasteiger charge is 2.30. The highest BCUT2D eigenvalue weighted by atomic mass is 16.5. The lowest BCUT2D eigenvalue weighted by Gasteiger charge is -2.26. The van der Waals surface area contributed by atoms with Gasteiger partial charge in [-0.15, -0.1) is 0 Å². The fourth-order valence-electron chi connectivity index (χ4n) is 2.02. The molecule has 0 spiro atoms. The van der Waals surface area contributed by atoms with Crippen molar-refractivity contribution in [2.24, 2.45) is 0 Å². The van der Waals surface area contributed by atoms with Gasteiger partial charge < -0.3 is 14.5 Å². The molecule has 1 atom stereocenters. The summed E-state index contributed by atoms with van der Waals surface area (Å²) in [5.41, 5.74) is 1.03. The van der Waals surface area contributed by atoms with Gasteiger partial charge in [0.15, 0.2) is 0 Å². The molecule has 0 N–H and O–H groups in total. The van der Waals surface area contributed by atoms with Crippen LogP contribution in [0.15, 0.2) is 30.3 Å². The van der Waals surface area contributed by atoms with Gasteiger partial charge in [0.1, 0.15) is 0 Å². The Morgan fingerprint density at radius 2 is 2.00 bits per heavy atom. The molecule has 1 saturated heterocycles. The van der Waals surface area contributed by atoms with Crippen LogP contribution in [0.3, 0.4) is 0 Å². The van der Waals surface area contributed by atoms with Gasteiger partial charge in [-0.2, -0.15) is 0 Å². The van der Waals surface area contributed by atoms with Crippen molar-refractivity contribution in [1.29, 1.82) is 0 Å². The molecule has 1 aliphatic heterocycles. The first-order valence-electron chi connectivity index (χ1n) is 6.08. The molecule has 1 aromatic carbocycles. The Morgan fingerprint density at radius 3 is 2.61 bits per heavy atom. The van der Waals surface area contributed by atoms with Gasteiger partial charge in [-0.05, 0) is 5.56 Å². The number of rotatable bonds is 3. The van der Waals surface area contributed by atoms with E-state index in [0.717, 1.165) is 5.56 Å². The van der Waals surface area contributed by atoms with Crippen molar-refractivity contribution >= 4 is 5.91 Å². The first kappa shape index (κ1) is 12.6. The number of morpholine rings is 1. The molecule has 1 aliphatic rings. The van der Waals surface area contributed by atoms with Crippen molar-refractivity contribution in [3.05, 3.63) is 47.3 Å². The average Bonchev–Trinajstić information content (AvgIpc) is 2.46. The lowest BCUT2D eigenvalue weighted by molar-refractivity contribution is -0.135. The van der Waals surface area contributed by atoms with Crippen molar-refractivity contribution in [3.63, 3.8) is 0 Å². The lowest BCUT2D eigenvalue weighted by atomic mass is 10.1. The maximum atomic E-state index is 12.2. The van der Waals surface area contributed by atoms with Crippen molar-refractivity contribution in [2.45, 2.75) is 12.5 Å². The SMILES string of the molecule is [C-]#[N+][C@@H](Cc1ccccc1)C(=O)N1CCOCC1. The van der Waals surface area contributed by atoms with E-state index in [9.17, 15) is 4.79 Å². The van der Waals surface area contributed by atoms with E-state index >= 15 is 0 Å².